The molecule has 6 aromatic rings. The molecule has 1 aliphatic rings. The zero-order valence-electron chi connectivity index (χ0n) is 23.1. The fraction of sp³-hybridized carbons (Fsp3) is 0.207. The Morgan fingerprint density at radius 3 is 2.44 bits per heavy atom. The second-order valence-corrected chi connectivity index (χ2v) is 9.89. The number of anilines is 2. The Balaban J connectivity index is 0.000000460. The number of carboxylic acids is 1. The number of carboxylic acid groups (broad SMARTS) is 1. The number of ether oxygens (including phenoxy) is 1. The van der Waals surface area contributed by atoms with Crippen LogP contribution in [0.15, 0.2) is 60.9 Å². The van der Waals surface area contributed by atoms with Crippen molar-refractivity contribution in [3.8, 4) is 5.69 Å². The van der Waals surface area contributed by atoms with Crippen LogP contribution in [0.2, 0.25) is 0 Å². The van der Waals surface area contributed by atoms with Crippen LogP contribution in [0.1, 0.15) is 5.82 Å². The lowest BCUT2D eigenvalue weighted by molar-refractivity contribution is -0.192. The Labute approximate surface area is 250 Å². The summed E-state index contributed by atoms with van der Waals surface area (Å²) in [5.41, 5.74) is 2.55. The lowest BCUT2D eigenvalue weighted by atomic mass is 10.1. The number of nitrogens with zero attached hydrogens (tertiary/aromatic N) is 6. The van der Waals surface area contributed by atoms with E-state index in [2.05, 4.69) is 49.4 Å². The Morgan fingerprint density at radius 2 is 1.71 bits per heavy atom. The topological polar surface area (TPSA) is 134 Å². The molecule has 0 radical (unpaired) electrons. The number of carbonyl (C=O) groups is 1. The van der Waals surface area contributed by atoms with Gasteiger partial charge in [0.15, 0.2) is 28.6 Å². The molecule has 1 fully saturated rings. The number of halogens is 5. The number of fused-ring (bicyclic) bond motifs is 3. The summed E-state index contributed by atoms with van der Waals surface area (Å²) in [6.45, 7) is 2.73. The molecule has 232 valence electrons. The first-order chi connectivity index (χ1) is 21.6. The Hall–Kier alpha value is -5.38. The van der Waals surface area contributed by atoms with Gasteiger partial charge in [-0.3, -0.25) is 4.57 Å². The van der Waals surface area contributed by atoms with Gasteiger partial charge in [0.2, 0.25) is 5.95 Å². The van der Waals surface area contributed by atoms with Crippen molar-refractivity contribution in [3.05, 3.63) is 78.4 Å². The van der Waals surface area contributed by atoms with Crippen LogP contribution in [0.4, 0.5) is 33.7 Å². The molecule has 0 spiro atoms. The molecule has 16 heteroatoms. The Morgan fingerprint density at radius 1 is 0.978 bits per heavy atom. The number of alkyl halides is 3. The Kier molecular flexibility index (Phi) is 7.88. The van der Waals surface area contributed by atoms with Gasteiger partial charge in [0, 0.05) is 18.8 Å². The molecule has 45 heavy (non-hydrogen) atoms. The number of hydrogen-bond donors (Lipinski definition) is 3. The summed E-state index contributed by atoms with van der Waals surface area (Å²) in [6, 6.07) is 16.9. The van der Waals surface area contributed by atoms with E-state index >= 15 is 0 Å². The molecule has 0 atom stereocenters. The van der Waals surface area contributed by atoms with Crippen LogP contribution in [0, 0.1) is 11.6 Å². The van der Waals surface area contributed by atoms with E-state index in [-0.39, 0.29) is 12.1 Å². The number of aromatic amines is 1. The number of morpholine rings is 1. The highest BCUT2D eigenvalue weighted by molar-refractivity contribution is 5.88. The minimum atomic E-state index is -5.08. The van der Waals surface area contributed by atoms with Crippen LogP contribution < -0.4 is 10.2 Å². The highest BCUT2D eigenvalue weighted by Gasteiger charge is 2.38. The minimum Gasteiger partial charge on any atom is -0.475 e. The zero-order valence-corrected chi connectivity index (χ0v) is 23.1. The SMILES string of the molecule is Fc1ccc2[nH]c(CNc3nc(N4CCOCC4)nc4c3ncn4-c3ccc4ccccc4c3)nc2c1F.O=C(O)C(F)(F)F. The highest BCUT2D eigenvalue weighted by atomic mass is 19.4. The summed E-state index contributed by atoms with van der Waals surface area (Å²) >= 11 is 0. The molecular formula is C29H23F5N8O3. The average molecular weight is 627 g/mol. The summed E-state index contributed by atoms with van der Waals surface area (Å²) in [5.74, 6) is -3.15. The summed E-state index contributed by atoms with van der Waals surface area (Å²) < 4.78 is 67.0. The highest BCUT2D eigenvalue weighted by Crippen LogP contribution is 2.28. The fourth-order valence-corrected chi connectivity index (χ4v) is 4.75. The first-order valence-electron chi connectivity index (χ1n) is 13.5. The number of rotatable bonds is 5. The van der Waals surface area contributed by atoms with E-state index < -0.39 is 23.8 Å². The van der Waals surface area contributed by atoms with Crippen molar-refractivity contribution < 1.29 is 36.6 Å². The van der Waals surface area contributed by atoms with Gasteiger partial charge in [-0.05, 0) is 35.0 Å². The number of H-pyrrole nitrogens is 1. The Bertz CT molecular complexity index is 2020. The van der Waals surface area contributed by atoms with E-state index in [0.717, 1.165) is 22.5 Å². The van der Waals surface area contributed by atoms with Crippen LogP contribution in [-0.4, -0.2) is 73.0 Å². The molecule has 4 heterocycles. The molecule has 1 aliphatic heterocycles. The molecule has 3 N–H and O–H groups in total. The van der Waals surface area contributed by atoms with E-state index in [1.165, 1.54) is 6.07 Å². The van der Waals surface area contributed by atoms with Crippen molar-refractivity contribution in [2.24, 2.45) is 0 Å². The van der Waals surface area contributed by atoms with Gasteiger partial charge in [0.25, 0.3) is 0 Å². The summed E-state index contributed by atoms with van der Waals surface area (Å²) in [5, 5.41) is 12.7. The van der Waals surface area contributed by atoms with Gasteiger partial charge in [0.1, 0.15) is 17.7 Å². The molecule has 3 aromatic carbocycles. The molecule has 3 aromatic heterocycles. The third-order valence-electron chi connectivity index (χ3n) is 6.95. The molecule has 1 saturated heterocycles. The number of hydrogen-bond acceptors (Lipinski definition) is 8. The van der Waals surface area contributed by atoms with E-state index in [1.54, 1.807) is 6.33 Å². The van der Waals surface area contributed by atoms with E-state index in [0.29, 0.717) is 60.6 Å². The van der Waals surface area contributed by atoms with Crippen molar-refractivity contribution in [3.63, 3.8) is 0 Å². The molecule has 0 unspecified atom stereocenters. The van der Waals surface area contributed by atoms with Crippen molar-refractivity contribution in [2.75, 3.05) is 36.5 Å². The monoisotopic (exact) mass is 626 g/mol. The van der Waals surface area contributed by atoms with Crippen LogP contribution in [0.3, 0.4) is 0 Å². The maximum absolute atomic E-state index is 14.2. The third-order valence-corrected chi connectivity index (χ3v) is 6.95. The van der Waals surface area contributed by atoms with Gasteiger partial charge in [-0.25, -0.2) is 23.5 Å². The minimum absolute atomic E-state index is 0.0378. The normalized spacial score (nSPS) is 13.7. The maximum Gasteiger partial charge on any atom is 0.490 e. The first kappa shape index (κ1) is 29.7. The first-order valence-corrected chi connectivity index (χ1v) is 13.5. The average Bonchev–Trinajstić information content (AvgIpc) is 3.66. The number of aliphatic carboxylic acids is 1. The van der Waals surface area contributed by atoms with Crippen molar-refractivity contribution in [1.29, 1.82) is 0 Å². The van der Waals surface area contributed by atoms with Gasteiger partial charge in [-0.2, -0.15) is 23.1 Å². The quantitative estimate of drug-likeness (QED) is 0.221. The summed E-state index contributed by atoms with van der Waals surface area (Å²) in [4.78, 5) is 32.5. The predicted octanol–water partition coefficient (Wildman–Crippen LogP) is 5.21. The summed E-state index contributed by atoms with van der Waals surface area (Å²) in [6.07, 6.45) is -3.35. The van der Waals surface area contributed by atoms with E-state index in [4.69, 9.17) is 24.6 Å². The van der Waals surface area contributed by atoms with Gasteiger partial charge in [-0.1, -0.05) is 30.3 Å². The number of imidazole rings is 2. The molecule has 0 bridgehead atoms. The lowest BCUT2D eigenvalue weighted by Gasteiger charge is -2.27. The number of benzene rings is 3. The molecule has 0 aliphatic carbocycles. The summed E-state index contributed by atoms with van der Waals surface area (Å²) in [7, 11) is 0. The van der Waals surface area contributed by atoms with Crippen molar-refractivity contribution in [2.45, 2.75) is 12.7 Å². The van der Waals surface area contributed by atoms with Gasteiger partial charge >= 0.3 is 12.1 Å². The van der Waals surface area contributed by atoms with E-state index in [1.807, 2.05) is 22.8 Å². The molecule has 0 saturated carbocycles. The van der Waals surface area contributed by atoms with Crippen LogP contribution in [0.5, 0.6) is 0 Å². The number of nitrogens with one attached hydrogen (secondary N) is 2. The third kappa shape index (κ3) is 6.17. The zero-order chi connectivity index (χ0) is 31.7. The van der Waals surface area contributed by atoms with Crippen molar-refractivity contribution >= 4 is 50.7 Å². The smallest absolute Gasteiger partial charge is 0.475 e. The molecular weight excluding hydrogens is 603 g/mol. The fourth-order valence-electron chi connectivity index (χ4n) is 4.75. The van der Waals surface area contributed by atoms with Gasteiger partial charge < -0.3 is 25.0 Å². The predicted molar refractivity (Wildman–Crippen MR) is 154 cm³/mol. The second kappa shape index (κ2) is 12.0. The molecule has 7 rings (SSSR count). The van der Waals surface area contributed by atoms with Gasteiger partial charge in [0.05, 0.1) is 25.3 Å². The van der Waals surface area contributed by atoms with Crippen LogP contribution in [-0.2, 0) is 16.1 Å². The lowest BCUT2D eigenvalue weighted by Crippen LogP contribution is -2.37. The largest absolute Gasteiger partial charge is 0.490 e. The van der Waals surface area contributed by atoms with Crippen LogP contribution >= 0.6 is 0 Å². The number of aromatic nitrogens is 6. The van der Waals surface area contributed by atoms with E-state index in [9.17, 15) is 22.0 Å². The molecule has 11 nitrogen and oxygen atoms in total. The standard InChI is InChI=1S/C27H22F2N8O.C2HF3O2/c28-19-7-8-20-23(22(19)29)33-21(32-20)14-30-25-24-26(35-27(34-25)36-9-11-38-12-10-36)37(15-31-24)18-6-5-16-3-1-2-4-17(16)13-18;3-2(4,5)1(6)7/h1-8,13,15H,9-12,14H2,(H,32,33)(H,30,34,35);(H,6,7). The van der Waals surface area contributed by atoms with Gasteiger partial charge in [-0.15, -0.1) is 0 Å². The second-order valence-electron chi connectivity index (χ2n) is 9.89. The maximum atomic E-state index is 14.2. The van der Waals surface area contributed by atoms with Crippen LogP contribution in [0.25, 0.3) is 38.7 Å². The molecule has 0 amide bonds. The van der Waals surface area contributed by atoms with Crippen molar-refractivity contribution in [1.82, 2.24) is 29.5 Å².